The second-order valence-corrected chi connectivity index (χ2v) is 4.46. The van der Waals surface area contributed by atoms with Crippen LogP contribution in [0.4, 0.5) is 0 Å². The maximum atomic E-state index is 11.2. The summed E-state index contributed by atoms with van der Waals surface area (Å²) < 4.78 is 1.69. The smallest absolute Gasteiger partial charge is 0.313 e. The summed E-state index contributed by atoms with van der Waals surface area (Å²) in [6.07, 6.45) is 2.35. The third kappa shape index (κ3) is 3.23. The van der Waals surface area contributed by atoms with Gasteiger partial charge in [0.2, 0.25) is 5.91 Å². The molecule has 3 N–H and O–H groups in total. The van der Waals surface area contributed by atoms with Crippen LogP contribution < -0.4 is 5.73 Å². The molecule has 6 nitrogen and oxygen atoms in total. The Morgan fingerprint density at radius 1 is 1.65 bits per heavy atom. The molecule has 1 atom stereocenters. The summed E-state index contributed by atoms with van der Waals surface area (Å²) in [5.41, 5.74) is 6.13. The van der Waals surface area contributed by atoms with Gasteiger partial charge >= 0.3 is 5.97 Å². The number of nitrogens with two attached hydrogens (primary N) is 1. The van der Waals surface area contributed by atoms with Crippen LogP contribution in [0.15, 0.2) is 11.4 Å². The van der Waals surface area contributed by atoms with Crippen molar-refractivity contribution in [2.24, 2.45) is 5.73 Å². The van der Waals surface area contributed by atoms with E-state index in [0.717, 1.165) is 17.5 Å². The van der Waals surface area contributed by atoms with Gasteiger partial charge in [-0.05, 0) is 13.3 Å². The first-order chi connectivity index (χ1) is 7.97. The highest BCUT2D eigenvalue weighted by molar-refractivity contribution is 7.99. The number of carboxylic acid groups (broad SMARTS) is 1. The lowest BCUT2D eigenvalue weighted by Crippen LogP contribution is -2.25. The monoisotopic (exact) mass is 257 g/mol. The molecule has 1 unspecified atom stereocenters. The molecule has 0 aliphatic carbocycles. The van der Waals surface area contributed by atoms with Gasteiger partial charge in [-0.2, -0.15) is 0 Å². The van der Waals surface area contributed by atoms with Crippen molar-refractivity contribution in [3.05, 3.63) is 11.9 Å². The molecular weight excluding hydrogens is 242 g/mol. The van der Waals surface area contributed by atoms with Crippen molar-refractivity contribution in [3.8, 4) is 0 Å². The van der Waals surface area contributed by atoms with Gasteiger partial charge in [0.1, 0.15) is 6.04 Å². The van der Waals surface area contributed by atoms with Gasteiger partial charge in [-0.1, -0.05) is 18.7 Å². The first-order valence-corrected chi connectivity index (χ1v) is 6.16. The standard InChI is InChI=1S/C10H15N3O3S/c1-3-7-4-12-10(17-5-8(14)15)13(7)6(2)9(11)16/h4,6H,3,5H2,1-2H3,(H2,11,16)(H,14,15). The van der Waals surface area contributed by atoms with Crippen LogP contribution in [-0.2, 0) is 16.0 Å². The third-order valence-corrected chi connectivity index (χ3v) is 3.28. The fourth-order valence-electron chi connectivity index (χ4n) is 1.41. The van der Waals surface area contributed by atoms with E-state index >= 15 is 0 Å². The Bertz CT molecular complexity index is 430. The number of thioether (sulfide) groups is 1. The van der Waals surface area contributed by atoms with Gasteiger partial charge < -0.3 is 15.4 Å². The Hall–Kier alpha value is -1.50. The summed E-state index contributed by atoms with van der Waals surface area (Å²) in [5.74, 6) is -1.48. The number of aryl methyl sites for hydroxylation is 1. The number of rotatable bonds is 6. The lowest BCUT2D eigenvalue weighted by atomic mass is 10.3. The zero-order valence-electron chi connectivity index (χ0n) is 9.71. The SMILES string of the molecule is CCc1cnc(SCC(=O)O)n1C(C)C(N)=O. The summed E-state index contributed by atoms with van der Waals surface area (Å²) in [6, 6.07) is -0.524. The number of nitrogens with zero attached hydrogens (tertiary/aromatic N) is 2. The van der Waals surface area contributed by atoms with E-state index in [-0.39, 0.29) is 5.75 Å². The van der Waals surface area contributed by atoms with Crippen LogP contribution in [0.3, 0.4) is 0 Å². The Balaban J connectivity index is 3.01. The molecule has 7 heteroatoms. The summed E-state index contributed by atoms with van der Waals surface area (Å²) in [7, 11) is 0. The number of hydrogen-bond acceptors (Lipinski definition) is 4. The van der Waals surface area contributed by atoms with Gasteiger partial charge in [0.15, 0.2) is 5.16 Å². The number of carboxylic acids is 1. The highest BCUT2D eigenvalue weighted by Gasteiger charge is 2.19. The number of aliphatic carboxylic acids is 1. The molecule has 0 radical (unpaired) electrons. The number of imidazole rings is 1. The van der Waals surface area contributed by atoms with Gasteiger partial charge in [-0.25, -0.2) is 4.98 Å². The Kier molecular flexibility index (Phi) is 4.56. The van der Waals surface area contributed by atoms with E-state index in [1.165, 1.54) is 0 Å². The summed E-state index contributed by atoms with van der Waals surface area (Å²) >= 11 is 1.08. The molecule has 94 valence electrons. The van der Waals surface area contributed by atoms with E-state index < -0.39 is 17.9 Å². The molecule has 1 aromatic heterocycles. The first kappa shape index (κ1) is 13.6. The number of amides is 1. The lowest BCUT2D eigenvalue weighted by molar-refractivity contribution is -0.133. The Morgan fingerprint density at radius 3 is 2.76 bits per heavy atom. The van der Waals surface area contributed by atoms with E-state index in [2.05, 4.69) is 4.98 Å². The van der Waals surface area contributed by atoms with Crippen LogP contribution in [0.5, 0.6) is 0 Å². The molecule has 0 spiro atoms. The van der Waals surface area contributed by atoms with E-state index in [0.29, 0.717) is 11.6 Å². The molecule has 0 fully saturated rings. The van der Waals surface area contributed by atoms with E-state index in [1.807, 2.05) is 6.92 Å². The lowest BCUT2D eigenvalue weighted by Gasteiger charge is -2.15. The van der Waals surface area contributed by atoms with Crippen molar-refractivity contribution < 1.29 is 14.7 Å². The molecule has 1 heterocycles. The third-order valence-electron chi connectivity index (χ3n) is 2.33. The minimum Gasteiger partial charge on any atom is -0.481 e. The predicted molar refractivity (Wildman–Crippen MR) is 63.9 cm³/mol. The van der Waals surface area contributed by atoms with Crippen molar-refractivity contribution in [3.63, 3.8) is 0 Å². The van der Waals surface area contributed by atoms with Crippen LogP contribution in [0.25, 0.3) is 0 Å². The number of primary amides is 1. The Labute approximate surface area is 103 Å². The van der Waals surface area contributed by atoms with Crippen molar-refractivity contribution in [2.75, 3.05) is 5.75 Å². The molecule has 1 amide bonds. The molecule has 17 heavy (non-hydrogen) atoms. The summed E-state index contributed by atoms with van der Waals surface area (Å²) in [5, 5.41) is 9.14. The van der Waals surface area contributed by atoms with Crippen LogP contribution in [-0.4, -0.2) is 32.3 Å². The summed E-state index contributed by atoms with van der Waals surface area (Å²) in [6.45, 7) is 3.61. The van der Waals surface area contributed by atoms with Crippen LogP contribution in [0, 0.1) is 0 Å². The number of aromatic nitrogens is 2. The largest absolute Gasteiger partial charge is 0.481 e. The van der Waals surface area contributed by atoms with Crippen LogP contribution in [0.2, 0.25) is 0 Å². The van der Waals surface area contributed by atoms with Gasteiger partial charge in [-0.15, -0.1) is 0 Å². The molecule has 0 aromatic carbocycles. The Morgan fingerprint density at radius 2 is 2.29 bits per heavy atom. The van der Waals surface area contributed by atoms with E-state index in [9.17, 15) is 9.59 Å². The maximum Gasteiger partial charge on any atom is 0.313 e. The zero-order valence-corrected chi connectivity index (χ0v) is 10.5. The summed E-state index contributed by atoms with van der Waals surface area (Å²) in [4.78, 5) is 25.8. The van der Waals surface area contributed by atoms with Crippen molar-refractivity contribution in [2.45, 2.75) is 31.5 Å². The quantitative estimate of drug-likeness (QED) is 0.730. The molecular formula is C10H15N3O3S. The van der Waals surface area contributed by atoms with Gasteiger partial charge in [-0.3, -0.25) is 9.59 Å². The molecule has 0 aliphatic rings. The van der Waals surface area contributed by atoms with Gasteiger partial charge in [0.25, 0.3) is 0 Å². The minimum atomic E-state index is -0.922. The second kappa shape index (κ2) is 5.72. The number of carbonyl (C=O) groups is 2. The van der Waals surface area contributed by atoms with Crippen molar-refractivity contribution in [1.29, 1.82) is 0 Å². The topological polar surface area (TPSA) is 98.2 Å². The average Bonchev–Trinajstić information content (AvgIpc) is 2.67. The normalized spacial score (nSPS) is 12.4. The highest BCUT2D eigenvalue weighted by Crippen LogP contribution is 2.23. The maximum absolute atomic E-state index is 11.2. The molecule has 1 aromatic rings. The average molecular weight is 257 g/mol. The molecule has 0 aliphatic heterocycles. The highest BCUT2D eigenvalue weighted by atomic mass is 32.2. The van der Waals surface area contributed by atoms with Gasteiger partial charge in [0, 0.05) is 11.9 Å². The van der Waals surface area contributed by atoms with E-state index in [4.69, 9.17) is 10.8 Å². The first-order valence-electron chi connectivity index (χ1n) is 5.17. The van der Waals surface area contributed by atoms with Crippen LogP contribution >= 0.6 is 11.8 Å². The van der Waals surface area contributed by atoms with Gasteiger partial charge in [0.05, 0.1) is 5.75 Å². The molecule has 0 saturated carbocycles. The van der Waals surface area contributed by atoms with E-state index in [1.54, 1.807) is 17.7 Å². The molecule has 0 saturated heterocycles. The fraction of sp³-hybridized carbons (Fsp3) is 0.500. The number of hydrogen-bond donors (Lipinski definition) is 2. The molecule has 0 bridgehead atoms. The number of carbonyl (C=O) groups excluding carboxylic acids is 1. The second-order valence-electron chi connectivity index (χ2n) is 3.52. The molecule has 1 rings (SSSR count). The van der Waals surface area contributed by atoms with Crippen molar-refractivity contribution >= 4 is 23.6 Å². The van der Waals surface area contributed by atoms with Crippen LogP contribution in [0.1, 0.15) is 25.6 Å². The fourth-order valence-corrected chi connectivity index (χ4v) is 2.21. The predicted octanol–water partition coefficient (Wildman–Crippen LogP) is 0.668. The van der Waals surface area contributed by atoms with Crippen molar-refractivity contribution in [1.82, 2.24) is 9.55 Å². The zero-order chi connectivity index (χ0) is 13.0. The minimum absolute atomic E-state index is 0.0916.